The van der Waals surface area contributed by atoms with Crippen LogP contribution >= 0.6 is 11.8 Å². The highest BCUT2D eigenvalue weighted by molar-refractivity contribution is 7.99. The number of esters is 1. The average Bonchev–Trinajstić information content (AvgIpc) is 2.86. The fourth-order valence-electron chi connectivity index (χ4n) is 4.84. The molecule has 7 nitrogen and oxygen atoms in total. The Morgan fingerprint density at radius 3 is 2.60 bits per heavy atom. The SMILES string of the molecule is CCSCCOC(=O)C1=C(C)NC2=C(C(=O)C[C@@H](c3ccccc3)C2)[C@@H]1c1cccc([N+](=O)[O-])c1. The molecule has 0 saturated heterocycles. The summed E-state index contributed by atoms with van der Waals surface area (Å²) in [7, 11) is 0. The first kappa shape index (κ1) is 24.7. The minimum absolute atomic E-state index is 0.0214. The number of hydrogen-bond acceptors (Lipinski definition) is 7. The molecule has 1 N–H and O–H groups in total. The molecule has 2 aromatic carbocycles. The van der Waals surface area contributed by atoms with E-state index in [1.54, 1.807) is 30.8 Å². The van der Waals surface area contributed by atoms with Crippen LogP contribution in [-0.2, 0) is 14.3 Å². The van der Waals surface area contributed by atoms with Crippen LogP contribution in [0.5, 0.6) is 0 Å². The molecule has 0 unspecified atom stereocenters. The Balaban J connectivity index is 1.75. The molecule has 1 aliphatic heterocycles. The van der Waals surface area contributed by atoms with Crippen molar-refractivity contribution in [3.63, 3.8) is 0 Å². The predicted molar refractivity (Wildman–Crippen MR) is 136 cm³/mol. The number of nitrogens with one attached hydrogen (secondary N) is 1. The Hall–Kier alpha value is -3.39. The van der Waals surface area contributed by atoms with Crippen LogP contribution in [-0.4, -0.2) is 34.8 Å². The molecule has 0 saturated carbocycles. The number of rotatable bonds is 8. The van der Waals surface area contributed by atoms with E-state index in [2.05, 4.69) is 5.32 Å². The third-order valence-corrected chi connectivity index (χ3v) is 7.26. The van der Waals surface area contributed by atoms with Gasteiger partial charge in [-0.05, 0) is 36.1 Å². The summed E-state index contributed by atoms with van der Waals surface area (Å²) in [5, 5.41) is 14.8. The summed E-state index contributed by atoms with van der Waals surface area (Å²) in [4.78, 5) is 37.8. The molecule has 2 aliphatic rings. The number of Topliss-reactive ketones (excluding diaryl/α,β-unsaturated/α-hetero) is 1. The van der Waals surface area contributed by atoms with E-state index in [1.165, 1.54) is 12.1 Å². The van der Waals surface area contributed by atoms with Gasteiger partial charge in [0.15, 0.2) is 5.78 Å². The molecule has 8 heteroatoms. The van der Waals surface area contributed by atoms with Crippen molar-refractivity contribution in [2.75, 3.05) is 18.1 Å². The van der Waals surface area contributed by atoms with Crippen molar-refractivity contribution in [1.82, 2.24) is 5.32 Å². The summed E-state index contributed by atoms with van der Waals surface area (Å²) >= 11 is 1.67. The molecule has 182 valence electrons. The molecule has 35 heavy (non-hydrogen) atoms. The van der Waals surface area contributed by atoms with Crippen LogP contribution in [0, 0.1) is 10.1 Å². The van der Waals surface area contributed by atoms with Crippen LogP contribution in [0.15, 0.2) is 77.1 Å². The third-order valence-electron chi connectivity index (χ3n) is 6.40. The van der Waals surface area contributed by atoms with Crippen LogP contribution in [0.25, 0.3) is 0 Å². The minimum Gasteiger partial charge on any atom is -0.461 e. The molecule has 0 spiro atoms. The largest absolute Gasteiger partial charge is 0.461 e. The maximum atomic E-state index is 13.6. The molecule has 1 heterocycles. The van der Waals surface area contributed by atoms with Gasteiger partial charge in [0, 0.05) is 47.2 Å². The zero-order chi connectivity index (χ0) is 24.9. The van der Waals surface area contributed by atoms with E-state index in [4.69, 9.17) is 4.74 Å². The van der Waals surface area contributed by atoms with Crippen molar-refractivity contribution >= 4 is 29.2 Å². The van der Waals surface area contributed by atoms with Gasteiger partial charge in [-0.25, -0.2) is 4.79 Å². The quantitative estimate of drug-likeness (QED) is 0.232. The second-order valence-electron chi connectivity index (χ2n) is 8.61. The highest BCUT2D eigenvalue weighted by Crippen LogP contribution is 2.46. The maximum absolute atomic E-state index is 13.6. The monoisotopic (exact) mass is 492 g/mol. The molecule has 0 fully saturated rings. The highest BCUT2D eigenvalue weighted by Gasteiger charge is 2.41. The van der Waals surface area contributed by atoms with Gasteiger partial charge in [0.05, 0.1) is 10.5 Å². The number of benzene rings is 2. The van der Waals surface area contributed by atoms with Gasteiger partial charge in [-0.15, -0.1) is 0 Å². The maximum Gasteiger partial charge on any atom is 0.336 e. The number of ketones is 1. The number of ether oxygens (including phenoxy) is 1. The summed E-state index contributed by atoms with van der Waals surface area (Å²) in [5.74, 6) is 0.325. The van der Waals surface area contributed by atoms with Gasteiger partial charge in [-0.1, -0.05) is 49.4 Å². The summed E-state index contributed by atoms with van der Waals surface area (Å²) in [6.45, 7) is 4.09. The number of dihydropyridines is 1. The zero-order valence-corrected chi connectivity index (χ0v) is 20.6. The lowest BCUT2D eigenvalue weighted by Gasteiger charge is -2.36. The second kappa shape index (κ2) is 10.9. The zero-order valence-electron chi connectivity index (χ0n) is 19.8. The lowest BCUT2D eigenvalue weighted by atomic mass is 9.71. The number of nitro groups is 1. The highest BCUT2D eigenvalue weighted by atomic mass is 32.2. The van der Waals surface area contributed by atoms with E-state index < -0.39 is 16.8 Å². The first-order chi connectivity index (χ1) is 16.9. The molecule has 2 aromatic rings. The number of carbonyl (C=O) groups excluding carboxylic acids is 2. The van der Waals surface area contributed by atoms with Crippen molar-refractivity contribution in [2.45, 2.75) is 38.5 Å². The molecular formula is C27H28N2O5S. The van der Waals surface area contributed by atoms with Crippen molar-refractivity contribution in [2.24, 2.45) is 0 Å². The molecule has 1 aliphatic carbocycles. The van der Waals surface area contributed by atoms with Crippen molar-refractivity contribution in [3.05, 3.63) is 98.4 Å². The Morgan fingerprint density at radius 1 is 1.14 bits per heavy atom. The normalized spacial score (nSPS) is 19.8. The van der Waals surface area contributed by atoms with Gasteiger partial charge in [-0.2, -0.15) is 11.8 Å². The number of carbonyl (C=O) groups is 2. The Kier molecular flexibility index (Phi) is 7.70. The number of nitro benzene ring substituents is 1. The second-order valence-corrected chi connectivity index (χ2v) is 10.0. The van der Waals surface area contributed by atoms with Gasteiger partial charge >= 0.3 is 5.97 Å². The van der Waals surface area contributed by atoms with E-state index in [-0.39, 0.29) is 24.0 Å². The van der Waals surface area contributed by atoms with Crippen LogP contribution < -0.4 is 5.32 Å². The van der Waals surface area contributed by atoms with Gasteiger partial charge < -0.3 is 10.1 Å². The number of non-ortho nitro benzene ring substituents is 1. The molecule has 0 amide bonds. The first-order valence-electron chi connectivity index (χ1n) is 11.7. The molecule has 4 rings (SSSR count). The van der Waals surface area contributed by atoms with Crippen molar-refractivity contribution in [1.29, 1.82) is 0 Å². The fourth-order valence-corrected chi connectivity index (χ4v) is 5.33. The Morgan fingerprint density at radius 2 is 1.89 bits per heavy atom. The fraction of sp³-hybridized carbons (Fsp3) is 0.333. The van der Waals surface area contributed by atoms with Crippen LogP contribution in [0.2, 0.25) is 0 Å². The Bertz CT molecular complexity index is 1210. The number of nitrogens with zero attached hydrogens (tertiary/aromatic N) is 1. The van der Waals surface area contributed by atoms with E-state index in [0.29, 0.717) is 41.0 Å². The van der Waals surface area contributed by atoms with E-state index in [1.807, 2.05) is 37.3 Å². The molecular weight excluding hydrogens is 464 g/mol. The predicted octanol–water partition coefficient (Wildman–Crippen LogP) is 5.25. The minimum atomic E-state index is -0.721. The van der Waals surface area contributed by atoms with Gasteiger partial charge in [0.1, 0.15) is 6.61 Å². The summed E-state index contributed by atoms with van der Waals surface area (Å²) in [6, 6.07) is 16.1. The van der Waals surface area contributed by atoms with Crippen LogP contribution in [0.4, 0.5) is 5.69 Å². The summed E-state index contributed by atoms with van der Waals surface area (Å²) in [5.41, 5.74) is 3.74. The molecule has 2 atom stereocenters. The standard InChI is InChI=1S/C27H28N2O5S/c1-3-35-13-12-34-27(31)24-17(2)28-22-15-20(18-8-5-4-6-9-18)16-23(30)26(22)25(24)19-10-7-11-21(14-19)29(32)33/h4-11,14,20,25,28H,3,12-13,15-16H2,1-2H3/t20-,25+/m0/s1. The number of allylic oxidation sites excluding steroid dienone is 3. The number of thioether (sulfide) groups is 1. The van der Waals surface area contributed by atoms with Gasteiger partial charge in [0.25, 0.3) is 5.69 Å². The van der Waals surface area contributed by atoms with Crippen molar-refractivity contribution < 1.29 is 19.2 Å². The lowest BCUT2D eigenvalue weighted by Crippen LogP contribution is -2.36. The summed E-state index contributed by atoms with van der Waals surface area (Å²) < 4.78 is 5.56. The number of hydrogen-bond donors (Lipinski definition) is 1. The smallest absolute Gasteiger partial charge is 0.336 e. The van der Waals surface area contributed by atoms with E-state index in [0.717, 1.165) is 17.0 Å². The van der Waals surface area contributed by atoms with E-state index >= 15 is 0 Å². The molecule has 0 radical (unpaired) electrons. The topological polar surface area (TPSA) is 98.5 Å². The van der Waals surface area contributed by atoms with Crippen LogP contribution in [0.1, 0.15) is 49.7 Å². The van der Waals surface area contributed by atoms with Gasteiger partial charge in [0.2, 0.25) is 0 Å². The summed E-state index contributed by atoms with van der Waals surface area (Å²) in [6.07, 6.45) is 0.924. The average molecular weight is 493 g/mol. The third kappa shape index (κ3) is 5.32. The van der Waals surface area contributed by atoms with Gasteiger partial charge in [-0.3, -0.25) is 14.9 Å². The van der Waals surface area contributed by atoms with E-state index in [9.17, 15) is 19.7 Å². The molecule has 0 bridgehead atoms. The lowest BCUT2D eigenvalue weighted by molar-refractivity contribution is -0.384. The van der Waals surface area contributed by atoms with Crippen LogP contribution in [0.3, 0.4) is 0 Å². The first-order valence-corrected chi connectivity index (χ1v) is 12.8. The molecule has 0 aromatic heterocycles. The van der Waals surface area contributed by atoms with Crippen molar-refractivity contribution in [3.8, 4) is 0 Å². The Labute approximate surface area is 208 Å².